The number of hydrogen-bond donors (Lipinski definition) is 3. The van der Waals surface area contributed by atoms with Crippen LogP contribution in [0.15, 0.2) is 173 Å². The Morgan fingerprint density at radius 1 is 0.438 bits per heavy atom. The van der Waals surface area contributed by atoms with Crippen molar-refractivity contribution in [2.45, 2.75) is 82.8 Å². The van der Waals surface area contributed by atoms with Gasteiger partial charge in [-0.25, -0.2) is 41.3 Å². The number of ether oxygens (including phenoxy) is 3. The van der Waals surface area contributed by atoms with Gasteiger partial charge in [0.15, 0.2) is 5.69 Å². The van der Waals surface area contributed by atoms with Gasteiger partial charge in [-0.15, -0.1) is 0 Å². The number of pyridine rings is 1. The number of carboxylic acids is 3. The van der Waals surface area contributed by atoms with E-state index in [9.17, 15) is 47.3 Å². The number of nitrogens with zero attached hydrogens (tertiary/aromatic N) is 7. The molecule has 18 rings (SSSR count). The van der Waals surface area contributed by atoms with E-state index in [0.717, 1.165) is 150 Å². The lowest BCUT2D eigenvalue weighted by Crippen LogP contribution is -2.17. The first kappa shape index (κ1) is 67.9. The summed E-state index contributed by atoms with van der Waals surface area (Å²) in [6.07, 6.45) is 11.9. The van der Waals surface area contributed by atoms with Gasteiger partial charge in [-0.1, -0.05) is 18.2 Å². The molecule has 0 saturated carbocycles. The largest absolute Gasteiger partial charge is 0.478 e. The molecule has 3 N–H and O–H groups in total. The maximum Gasteiger partial charge on any atom is 0.354 e. The van der Waals surface area contributed by atoms with Crippen molar-refractivity contribution < 1.29 is 65.9 Å². The van der Waals surface area contributed by atoms with E-state index in [1.807, 2.05) is 29.1 Å². The van der Waals surface area contributed by atoms with Crippen molar-refractivity contribution in [2.24, 2.45) is 15.0 Å². The summed E-state index contributed by atoms with van der Waals surface area (Å²) in [7, 11) is 0. The first-order chi connectivity index (χ1) is 51.0. The van der Waals surface area contributed by atoms with Crippen molar-refractivity contribution in [2.75, 3.05) is 39.6 Å². The van der Waals surface area contributed by atoms with Gasteiger partial charge in [0.25, 0.3) is 0 Å². The molecule has 4 aromatic heterocycles. The third kappa shape index (κ3) is 12.7. The van der Waals surface area contributed by atoms with Gasteiger partial charge in [0, 0.05) is 166 Å². The van der Waals surface area contributed by atoms with Crippen LogP contribution in [0.1, 0.15) is 144 Å². The monoisotopic (exact) mass is 1410 g/mol. The molecule has 3 saturated heterocycles. The highest BCUT2D eigenvalue weighted by Gasteiger charge is 2.35. The van der Waals surface area contributed by atoms with Gasteiger partial charge < -0.3 is 43.2 Å². The number of rotatable bonds is 12. The van der Waals surface area contributed by atoms with Gasteiger partial charge in [0.2, 0.25) is 0 Å². The van der Waals surface area contributed by atoms with Gasteiger partial charge in [0.1, 0.15) is 29.1 Å². The molecule has 10 heterocycles. The van der Waals surface area contributed by atoms with Crippen LogP contribution in [0.3, 0.4) is 0 Å². The molecule has 528 valence electrons. The molecule has 8 aromatic carbocycles. The molecule has 6 aliphatic heterocycles. The fourth-order valence-electron chi connectivity index (χ4n) is 16.0. The third-order valence-corrected chi connectivity index (χ3v) is 20.9. The molecule has 0 radical (unpaired) electrons. The quantitative estimate of drug-likeness (QED) is 0.0987. The van der Waals surface area contributed by atoms with Crippen molar-refractivity contribution in [3.63, 3.8) is 0 Å². The number of halogens is 5. The molecule has 12 aromatic rings. The van der Waals surface area contributed by atoms with E-state index < -0.39 is 23.7 Å². The lowest BCUT2D eigenvalue weighted by atomic mass is 9.89. The fraction of sp³-hybridized carbons (Fsp3) is 0.226. The molecule has 0 aliphatic carbocycles. The summed E-state index contributed by atoms with van der Waals surface area (Å²) in [5, 5.41) is 31.0. The van der Waals surface area contributed by atoms with Crippen LogP contribution in [0.4, 0.5) is 22.0 Å². The lowest BCUT2D eigenvalue weighted by molar-refractivity contribution is 0.0679. The summed E-state index contributed by atoms with van der Waals surface area (Å²) in [5.41, 5.74) is 19.1. The number of aliphatic imine (C=N–C) groups is 3. The van der Waals surface area contributed by atoms with Gasteiger partial charge >= 0.3 is 17.9 Å². The lowest BCUT2D eigenvalue weighted by Gasteiger charge is -2.26. The van der Waals surface area contributed by atoms with Crippen LogP contribution >= 0.6 is 0 Å². The van der Waals surface area contributed by atoms with Crippen LogP contribution in [0.5, 0.6) is 0 Å². The van der Waals surface area contributed by atoms with Crippen LogP contribution in [0, 0.1) is 36.0 Å². The molecule has 3 fully saturated rings. The van der Waals surface area contributed by atoms with E-state index in [2.05, 4.69) is 53.4 Å². The van der Waals surface area contributed by atoms with Crippen LogP contribution in [0.25, 0.3) is 83.2 Å². The topological polar surface area (TPSA) is 204 Å². The molecular formula is C84H68F5N7O9. The van der Waals surface area contributed by atoms with Gasteiger partial charge in [-0.3, -0.25) is 15.0 Å². The number of aryl methyl sites for hydroxylation is 1. The number of aromatic nitrogens is 4. The minimum Gasteiger partial charge on any atom is -0.478 e. The first-order valence-corrected chi connectivity index (χ1v) is 34.9. The molecule has 6 aliphatic rings. The van der Waals surface area contributed by atoms with Crippen molar-refractivity contribution >= 4 is 69.3 Å². The predicted molar refractivity (Wildman–Crippen MR) is 392 cm³/mol. The number of carboxylic acid groups (broad SMARTS) is 3. The summed E-state index contributed by atoms with van der Waals surface area (Å²) in [6.45, 7) is 7.03. The molecule has 0 spiro atoms. The van der Waals surface area contributed by atoms with Crippen LogP contribution < -0.4 is 0 Å². The van der Waals surface area contributed by atoms with E-state index in [4.69, 9.17) is 14.2 Å². The Bertz CT molecular complexity index is 5570. The van der Waals surface area contributed by atoms with Crippen LogP contribution in [-0.2, 0) is 33.8 Å². The third-order valence-electron chi connectivity index (χ3n) is 20.9. The van der Waals surface area contributed by atoms with Crippen LogP contribution in [0.2, 0.25) is 0 Å². The number of hydrogen-bond acceptors (Lipinski definition) is 10. The van der Waals surface area contributed by atoms with Gasteiger partial charge in [0.05, 0.1) is 47.3 Å². The maximum atomic E-state index is 16.2. The number of aromatic carboxylic acids is 3. The van der Waals surface area contributed by atoms with Crippen molar-refractivity contribution in [3.05, 3.63) is 260 Å². The van der Waals surface area contributed by atoms with E-state index in [-0.39, 0.29) is 64.4 Å². The minimum absolute atomic E-state index is 0.0536. The Labute approximate surface area is 598 Å². The second-order valence-corrected chi connectivity index (χ2v) is 27.2. The van der Waals surface area contributed by atoms with Gasteiger partial charge in [-0.05, 0) is 218 Å². The zero-order valence-corrected chi connectivity index (χ0v) is 56.9. The molecule has 21 heteroatoms. The standard InChI is InChI=1S/2C28H22F2N2O3.C28H24FN3O3/c29-20-2-4-21(5-3-20)32-25-13-19-15-31-14-18(19)12-23(25)26(27(32)16-7-9-35-10-8-16)17-1-6-24(30)22(11-17)28(33)34;29-20-5-7-21(8-6-20)32-23-13-19-14-31-15-22(19)26(30)25(23)24(27(32)17-9-11-35-12-10-17)16-1-3-18(4-2-16)28(33)34;1-16-10-20(15-31-26(16)28(33)34)25-23-11-18-13-30-14-19(18)12-24(23)32(22-4-2-21(29)3-5-22)27(25)17-6-8-35-9-7-17/h1-6,11-13,15-16H,7-10,14H2,(H,33,34);1-8,13-14,17H,9-12,15H2,(H,33,34);2-5,10-12,14-15,17H,6-9,13H2,1H3,(H,33,34). The summed E-state index contributed by atoms with van der Waals surface area (Å²) in [4.78, 5) is 52.2. The molecule has 0 amide bonds. The Balaban J connectivity index is 0.000000121. The average Bonchev–Trinajstić information content (AvgIpc) is 1.58. The molecule has 16 nitrogen and oxygen atoms in total. The zero-order chi connectivity index (χ0) is 72.3. The predicted octanol–water partition coefficient (Wildman–Crippen LogP) is 17.9. The Morgan fingerprint density at radius 2 is 0.867 bits per heavy atom. The molecule has 0 atom stereocenters. The van der Waals surface area contributed by atoms with Crippen LogP contribution in [-0.4, -0.2) is 110 Å². The zero-order valence-electron chi connectivity index (χ0n) is 56.9. The molecule has 105 heavy (non-hydrogen) atoms. The highest BCUT2D eigenvalue weighted by Crippen LogP contribution is 2.50. The second kappa shape index (κ2) is 28.3. The van der Waals surface area contributed by atoms with E-state index in [0.29, 0.717) is 80.3 Å². The number of carbonyl (C=O) groups is 3. The Hall–Kier alpha value is -11.5. The maximum absolute atomic E-state index is 16.2. The summed E-state index contributed by atoms with van der Waals surface area (Å²) in [6, 6.07) is 42.4. The summed E-state index contributed by atoms with van der Waals surface area (Å²) >= 11 is 0. The van der Waals surface area contributed by atoms with Crippen molar-refractivity contribution in [3.8, 4) is 50.4 Å². The Morgan fingerprint density at radius 3 is 1.32 bits per heavy atom. The highest BCUT2D eigenvalue weighted by molar-refractivity contribution is 6.07. The molecule has 0 unspecified atom stereocenters. The van der Waals surface area contributed by atoms with Crippen molar-refractivity contribution in [1.29, 1.82) is 0 Å². The SMILES string of the molecule is Cc1cc(-c2c(C3CCOCC3)n(-c3ccc(F)cc3)c3cc4c(cc23)CN=C4)cnc1C(=O)O.O=C(O)c1cc(-c2c(C3CCOCC3)n(-c3ccc(F)cc3)c3cc4c(cc23)CN=C4)ccc1F.O=C(O)c1ccc(-c2c(C3CCOCC3)n(-c3ccc(F)cc3)c3cc4c(c(F)c23)CN=C4)cc1. The van der Waals surface area contributed by atoms with E-state index in [1.54, 1.807) is 86.1 Å². The van der Waals surface area contributed by atoms with E-state index in [1.165, 1.54) is 48.5 Å². The first-order valence-electron chi connectivity index (χ1n) is 34.9. The second-order valence-electron chi connectivity index (χ2n) is 27.2. The normalized spacial score (nSPS) is 15.6. The molecule has 0 bridgehead atoms. The van der Waals surface area contributed by atoms with Gasteiger partial charge in [-0.2, -0.15) is 0 Å². The number of benzene rings is 8. The molecular weight excluding hydrogens is 1350 g/mol. The number of fused-ring (bicyclic) bond motifs is 6. The summed E-state index contributed by atoms with van der Waals surface area (Å²) in [5.74, 6) is -4.98. The van der Waals surface area contributed by atoms with E-state index >= 15 is 4.39 Å². The fourth-order valence-corrected chi connectivity index (χ4v) is 16.0. The highest BCUT2D eigenvalue weighted by atomic mass is 19.1. The Kier molecular flexibility index (Phi) is 18.3. The minimum atomic E-state index is -1.31. The summed E-state index contributed by atoms with van der Waals surface area (Å²) < 4.78 is 95.4. The van der Waals surface area contributed by atoms with Crippen molar-refractivity contribution in [1.82, 2.24) is 18.7 Å². The average molecular weight is 1410 g/mol. The smallest absolute Gasteiger partial charge is 0.354 e.